The van der Waals surface area contributed by atoms with Gasteiger partial charge in [0.25, 0.3) is 0 Å². The quantitative estimate of drug-likeness (QED) is 0.650. The average Bonchev–Trinajstić information content (AvgIpc) is 2.72. The summed E-state index contributed by atoms with van der Waals surface area (Å²) in [6, 6.07) is 9.66. The molecule has 2 aromatic heterocycles. The Hall–Kier alpha value is -2.61. The third-order valence-electron chi connectivity index (χ3n) is 2.92. The zero-order valence-electron chi connectivity index (χ0n) is 10.0. The van der Waals surface area contributed by atoms with Crippen LogP contribution in [0.3, 0.4) is 0 Å². The maximum absolute atomic E-state index is 9.04. The van der Waals surface area contributed by atoms with Crippen LogP contribution < -0.4 is 4.74 Å². The third kappa shape index (κ3) is 1.39. The second-order valence-electron chi connectivity index (χ2n) is 4.00. The minimum absolute atomic E-state index is 0.393. The fourth-order valence-electron chi connectivity index (χ4n) is 2.03. The topological polar surface area (TPSA) is 63.7 Å². The van der Waals surface area contributed by atoms with E-state index in [0.29, 0.717) is 11.3 Å². The van der Waals surface area contributed by atoms with E-state index >= 15 is 0 Å². The molecule has 5 heteroatoms. The molecule has 0 aliphatic rings. The molecule has 18 heavy (non-hydrogen) atoms. The molecule has 0 saturated heterocycles. The van der Waals surface area contributed by atoms with Crippen LogP contribution in [0.2, 0.25) is 0 Å². The monoisotopic (exact) mass is 238 g/mol. The summed E-state index contributed by atoms with van der Waals surface area (Å²) in [5.74, 6) is 0.769. The fraction of sp³-hybridized carbons (Fsp3) is 0.154. The van der Waals surface area contributed by atoms with Gasteiger partial charge in [-0.1, -0.05) is 0 Å². The number of pyridine rings is 1. The zero-order valence-corrected chi connectivity index (χ0v) is 10.0. The molecule has 0 atom stereocenters. The predicted octanol–water partition coefficient (Wildman–Crippen LogP) is 2.00. The highest BCUT2D eigenvalue weighted by Gasteiger charge is 2.10. The van der Waals surface area contributed by atoms with E-state index in [9.17, 15) is 0 Å². The van der Waals surface area contributed by atoms with Crippen LogP contribution in [0.15, 0.2) is 24.3 Å². The Morgan fingerprint density at radius 3 is 2.89 bits per heavy atom. The Labute approximate surface area is 103 Å². The smallest absolute Gasteiger partial charge is 0.172 e. The summed E-state index contributed by atoms with van der Waals surface area (Å²) in [6.45, 7) is 0. The van der Waals surface area contributed by atoms with E-state index in [1.807, 2.05) is 24.3 Å². The van der Waals surface area contributed by atoms with Crippen molar-refractivity contribution in [3.63, 3.8) is 0 Å². The Balaban J connectivity index is 2.42. The van der Waals surface area contributed by atoms with Crippen LogP contribution in [0, 0.1) is 11.3 Å². The standard InChI is InChI=1S/C13H10N4O/c1-17-13-10(12(7-14)16-17)6-8-5-9(18-2)3-4-11(8)15-13/h3-6H,1-2H3. The molecule has 5 nitrogen and oxygen atoms in total. The molecule has 0 spiro atoms. The first-order valence-electron chi connectivity index (χ1n) is 5.44. The van der Waals surface area contributed by atoms with Crippen molar-refractivity contribution in [3.05, 3.63) is 30.0 Å². The molecule has 0 N–H and O–H groups in total. The Morgan fingerprint density at radius 2 is 2.17 bits per heavy atom. The number of aromatic nitrogens is 3. The summed E-state index contributed by atoms with van der Waals surface area (Å²) in [6.07, 6.45) is 0. The van der Waals surface area contributed by atoms with Crippen molar-refractivity contribution in [1.82, 2.24) is 14.8 Å². The molecule has 0 aliphatic carbocycles. The Morgan fingerprint density at radius 1 is 1.33 bits per heavy atom. The number of methoxy groups -OCH3 is 1. The van der Waals surface area contributed by atoms with Crippen LogP contribution in [-0.4, -0.2) is 21.9 Å². The summed E-state index contributed by atoms with van der Waals surface area (Å²) in [5, 5.41) is 14.9. The number of benzene rings is 1. The Bertz CT molecular complexity index is 798. The van der Waals surface area contributed by atoms with Crippen LogP contribution in [0.5, 0.6) is 5.75 Å². The highest BCUT2D eigenvalue weighted by Crippen LogP contribution is 2.24. The SMILES string of the molecule is COc1ccc2nc3c(cc2c1)c(C#N)nn3C. The maximum atomic E-state index is 9.04. The lowest BCUT2D eigenvalue weighted by Crippen LogP contribution is -1.92. The lowest BCUT2D eigenvalue weighted by molar-refractivity contribution is 0.415. The summed E-state index contributed by atoms with van der Waals surface area (Å²) >= 11 is 0. The maximum Gasteiger partial charge on any atom is 0.172 e. The molecule has 0 unspecified atom stereocenters. The molecule has 2 heterocycles. The van der Waals surface area contributed by atoms with Crippen LogP contribution in [0.1, 0.15) is 5.69 Å². The van der Waals surface area contributed by atoms with Crippen molar-refractivity contribution >= 4 is 21.9 Å². The Kier molecular flexibility index (Phi) is 2.17. The van der Waals surface area contributed by atoms with Crippen molar-refractivity contribution in [2.24, 2.45) is 7.05 Å². The molecule has 0 amide bonds. The molecule has 0 saturated carbocycles. The molecular formula is C13H10N4O. The number of nitrogens with zero attached hydrogens (tertiary/aromatic N) is 4. The fourth-order valence-corrected chi connectivity index (χ4v) is 2.03. The molecule has 3 aromatic rings. The van der Waals surface area contributed by atoms with Gasteiger partial charge in [0.1, 0.15) is 11.8 Å². The van der Waals surface area contributed by atoms with E-state index in [0.717, 1.165) is 22.0 Å². The zero-order chi connectivity index (χ0) is 12.7. The first-order valence-corrected chi connectivity index (χ1v) is 5.44. The second-order valence-corrected chi connectivity index (χ2v) is 4.00. The molecule has 0 fully saturated rings. The van der Waals surface area contributed by atoms with Gasteiger partial charge < -0.3 is 4.74 Å². The number of rotatable bonds is 1. The number of nitriles is 1. The van der Waals surface area contributed by atoms with E-state index < -0.39 is 0 Å². The van der Waals surface area contributed by atoms with Crippen molar-refractivity contribution in [2.75, 3.05) is 7.11 Å². The number of hydrogen-bond donors (Lipinski definition) is 0. The van der Waals surface area contributed by atoms with Crippen LogP contribution >= 0.6 is 0 Å². The van der Waals surface area contributed by atoms with E-state index in [4.69, 9.17) is 10.00 Å². The second kappa shape index (κ2) is 3.70. The largest absolute Gasteiger partial charge is 0.497 e. The van der Waals surface area contributed by atoms with E-state index in [-0.39, 0.29) is 0 Å². The number of fused-ring (bicyclic) bond motifs is 2. The highest BCUT2D eigenvalue weighted by atomic mass is 16.5. The van der Waals surface area contributed by atoms with Crippen molar-refractivity contribution in [1.29, 1.82) is 5.26 Å². The van der Waals surface area contributed by atoms with Crippen LogP contribution in [0.4, 0.5) is 0 Å². The number of aryl methyl sites for hydroxylation is 1. The lowest BCUT2D eigenvalue weighted by atomic mass is 10.1. The van der Waals surface area contributed by atoms with E-state index in [1.54, 1.807) is 18.8 Å². The molecule has 88 valence electrons. The van der Waals surface area contributed by atoms with Gasteiger partial charge in [0.15, 0.2) is 11.3 Å². The summed E-state index contributed by atoms with van der Waals surface area (Å²) in [5.41, 5.74) is 1.96. The normalized spacial score (nSPS) is 10.7. The summed E-state index contributed by atoms with van der Waals surface area (Å²) < 4.78 is 6.81. The molecular weight excluding hydrogens is 228 g/mol. The van der Waals surface area contributed by atoms with Gasteiger partial charge in [-0.2, -0.15) is 10.4 Å². The first kappa shape index (κ1) is 10.5. The van der Waals surface area contributed by atoms with Crippen molar-refractivity contribution in [2.45, 2.75) is 0 Å². The van der Waals surface area contributed by atoms with Gasteiger partial charge in [0, 0.05) is 12.4 Å². The molecule has 0 aliphatic heterocycles. The van der Waals surface area contributed by atoms with Crippen LogP contribution in [-0.2, 0) is 7.05 Å². The number of hydrogen-bond acceptors (Lipinski definition) is 4. The molecule has 3 rings (SSSR count). The average molecular weight is 238 g/mol. The highest BCUT2D eigenvalue weighted by molar-refractivity contribution is 5.94. The summed E-state index contributed by atoms with van der Waals surface area (Å²) in [4.78, 5) is 4.52. The van der Waals surface area contributed by atoms with Gasteiger partial charge >= 0.3 is 0 Å². The van der Waals surface area contributed by atoms with E-state index in [2.05, 4.69) is 16.2 Å². The first-order chi connectivity index (χ1) is 8.72. The van der Waals surface area contributed by atoms with Gasteiger partial charge in [-0.3, -0.25) is 0 Å². The molecule has 0 radical (unpaired) electrons. The molecule has 1 aromatic carbocycles. The molecule has 0 bridgehead atoms. The van der Waals surface area contributed by atoms with Crippen molar-refractivity contribution in [3.8, 4) is 11.8 Å². The number of ether oxygens (including phenoxy) is 1. The van der Waals surface area contributed by atoms with Gasteiger partial charge in [-0.15, -0.1) is 0 Å². The third-order valence-corrected chi connectivity index (χ3v) is 2.92. The van der Waals surface area contributed by atoms with Crippen LogP contribution in [0.25, 0.3) is 21.9 Å². The summed E-state index contributed by atoms with van der Waals surface area (Å²) in [7, 11) is 3.41. The van der Waals surface area contributed by atoms with E-state index in [1.165, 1.54) is 0 Å². The van der Waals surface area contributed by atoms with Gasteiger partial charge in [-0.25, -0.2) is 9.67 Å². The van der Waals surface area contributed by atoms with Crippen molar-refractivity contribution < 1.29 is 4.74 Å². The lowest BCUT2D eigenvalue weighted by Gasteiger charge is -2.02. The minimum Gasteiger partial charge on any atom is -0.497 e. The minimum atomic E-state index is 0.393. The van der Waals surface area contributed by atoms with Gasteiger partial charge in [0.05, 0.1) is 18.0 Å². The van der Waals surface area contributed by atoms with Gasteiger partial charge in [0.2, 0.25) is 0 Å². The predicted molar refractivity (Wildman–Crippen MR) is 67.3 cm³/mol. The van der Waals surface area contributed by atoms with Gasteiger partial charge in [-0.05, 0) is 24.3 Å².